The molecule has 0 saturated carbocycles. The molecule has 3 rings (SSSR count). The molecule has 126 valence electrons. The highest BCUT2D eigenvalue weighted by Gasteiger charge is 2.31. The van der Waals surface area contributed by atoms with Crippen LogP contribution in [0.2, 0.25) is 0 Å². The molecule has 0 radical (unpaired) electrons. The van der Waals surface area contributed by atoms with E-state index in [-0.39, 0.29) is 30.3 Å². The predicted octanol–water partition coefficient (Wildman–Crippen LogP) is 2.66. The van der Waals surface area contributed by atoms with Gasteiger partial charge in [-0.3, -0.25) is 0 Å². The Morgan fingerprint density at radius 2 is 2.25 bits per heavy atom. The van der Waals surface area contributed by atoms with Crippen molar-refractivity contribution in [3.8, 4) is 6.07 Å². The number of sulfonamides is 1. The molecule has 1 aromatic heterocycles. The van der Waals surface area contributed by atoms with E-state index in [9.17, 15) is 12.8 Å². The Balaban J connectivity index is 1.79. The number of ether oxygens (including phenoxy) is 1. The van der Waals surface area contributed by atoms with E-state index in [0.717, 1.165) is 10.9 Å². The molecule has 2 heterocycles. The van der Waals surface area contributed by atoms with Crippen LogP contribution in [-0.4, -0.2) is 32.4 Å². The third-order valence-electron chi connectivity index (χ3n) is 3.80. The fourth-order valence-corrected chi connectivity index (χ4v) is 4.85. The van der Waals surface area contributed by atoms with Gasteiger partial charge in [-0.2, -0.15) is 9.57 Å². The van der Waals surface area contributed by atoms with Gasteiger partial charge in [0.15, 0.2) is 0 Å². The van der Waals surface area contributed by atoms with E-state index in [1.165, 1.54) is 27.8 Å². The average Bonchev–Trinajstić information content (AvgIpc) is 3.11. The minimum atomic E-state index is -3.70. The van der Waals surface area contributed by atoms with Gasteiger partial charge in [-0.25, -0.2) is 12.8 Å². The summed E-state index contributed by atoms with van der Waals surface area (Å²) in [6.45, 7) is 0.745. The van der Waals surface area contributed by atoms with Gasteiger partial charge in [-0.15, -0.1) is 11.3 Å². The Morgan fingerprint density at radius 3 is 2.96 bits per heavy atom. The lowest BCUT2D eigenvalue weighted by Crippen LogP contribution is -2.42. The second-order valence-corrected chi connectivity index (χ2v) is 8.36. The number of thiophene rings is 1. The number of nitrogens with zero attached hydrogens (tertiary/aromatic N) is 2. The summed E-state index contributed by atoms with van der Waals surface area (Å²) < 4.78 is 46.2. The molecular formula is C16H15FN2O3S2. The van der Waals surface area contributed by atoms with Crippen LogP contribution in [-0.2, 0) is 20.5 Å². The Bertz CT molecular complexity index is 860. The molecule has 1 unspecified atom stereocenters. The van der Waals surface area contributed by atoms with Crippen LogP contribution in [0.3, 0.4) is 0 Å². The maximum atomic E-state index is 13.9. The maximum Gasteiger partial charge on any atom is 0.218 e. The number of rotatable bonds is 4. The second kappa shape index (κ2) is 6.99. The molecule has 5 nitrogen and oxygen atoms in total. The van der Waals surface area contributed by atoms with E-state index in [1.807, 2.05) is 23.6 Å². The van der Waals surface area contributed by atoms with Crippen molar-refractivity contribution in [3.05, 3.63) is 57.5 Å². The van der Waals surface area contributed by atoms with Crippen molar-refractivity contribution in [3.63, 3.8) is 0 Å². The zero-order valence-corrected chi connectivity index (χ0v) is 14.3. The smallest absolute Gasteiger partial charge is 0.218 e. The molecule has 0 aliphatic carbocycles. The van der Waals surface area contributed by atoms with E-state index in [4.69, 9.17) is 10.00 Å². The molecule has 1 aromatic carbocycles. The lowest BCUT2D eigenvalue weighted by molar-refractivity contribution is -0.000558. The quantitative estimate of drug-likeness (QED) is 0.834. The first-order chi connectivity index (χ1) is 11.5. The molecule has 2 aromatic rings. The normalized spacial score (nSPS) is 19.1. The summed E-state index contributed by atoms with van der Waals surface area (Å²) in [5, 5.41) is 10.8. The van der Waals surface area contributed by atoms with Crippen LogP contribution >= 0.6 is 11.3 Å². The van der Waals surface area contributed by atoms with Crippen molar-refractivity contribution < 1.29 is 17.5 Å². The largest absolute Gasteiger partial charge is 0.370 e. The molecule has 1 saturated heterocycles. The molecule has 0 N–H and O–H groups in total. The monoisotopic (exact) mass is 366 g/mol. The topological polar surface area (TPSA) is 70.4 Å². The van der Waals surface area contributed by atoms with Crippen LogP contribution in [0.4, 0.5) is 4.39 Å². The summed E-state index contributed by atoms with van der Waals surface area (Å²) >= 11 is 1.51. The molecule has 8 heteroatoms. The van der Waals surface area contributed by atoms with Crippen LogP contribution < -0.4 is 0 Å². The summed E-state index contributed by atoms with van der Waals surface area (Å²) in [4.78, 5) is 0.965. The lowest BCUT2D eigenvalue weighted by Gasteiger charge is -2.31. The van der Waals surface area contributed by atoms with Gasteiger partial charge in [-0.1, -0.05) is 6.07 Å². The highest BCUT2D eigenvalue weighted by Crippen LogP contribution is 2.28. The molecule has 0 spiro atoms. The van der Waals surface area contributed by atoms with Crippen LogP contribution in [0.25, 0.3) is 0 Å². The van der Waals surface area contributed by atoms with Gasteiger partial charge < -0.3 is 4.74 Å². The molecule has 1 aliphatic heterocycles. The predicted molar refractivity (Wildman–Crippen MR) is 88.3 cm³/mol. The van der Waals surface area contributed by atoms with Crippen LogP contribution in [0.5, 0.6) is 0 Å². The molecule has 1 aliphatic rings. The van der Waals surface area contributed by atoms with E-state index in [1.54, 1.807) is 0 Å². The summed E-state index contributed by atoms with van der Waals surface area (Å²) in [5.74, 6) is -1.09. The van der Waals surface area contributed by atoms with Gasteiger partial charge in [0.1, 0.15) is 11.9 Å². The van der Waals surface area contributed by atoms with Crippen LogP contribution in [0.15, 0.2) is 35.7 Å². The average molecular weight is 366 g/mol. The number of morpholine rings is 1. The first-order valence-electron chi connectivity index (χ1n) is 7.31. The first kappa shape index (κ1) is 17.0. The Kier molecular flexibility index (Phi) is 4.96. The number of halogens is 1. The standard InChI is InChI=1S/C16H15FN2O3S2/c17-14-4-3-12(9-18)8-13(14)11-24(20,21)19-5-6-22-15(10-19)16-2-1-7-23-16/h1-4,7-8,15H,5-6,10-11H2. The molecular weight excluding hydrogens is 351 g/mol. The van der Waals surface area contributed by atoms with Crippen molar-refractivity contribution in [2.45, 2.75) is 11.9 Å². The van der Waals surface area contributed by atoms with E-state index in [2.05, 4.69) is 0 Å². The summed E-state index contributed by atoms with van der Waals surface area (Å²) in [5.41, 5.74) is 0.244. The van der Waals surface area contributed by atoms with E-state index >= 15 is 0 Å². The number of benzene rings is 1. The molecule has 1 atom stereocenters. The van der Waals surface area contributed by atoms with E-state index in [0.29, 0.717) is 6.61 Å². The molecule has 1 fully saturated rings. The highest BCUT2D eigenvalue weighted by atomic mass is 32.2. The Morgan fingerprint density at radius 1 is 1.42 bits per heavy atom. The van der Waals surface area contributed by atoms with Crippen molar-refractivity contribution in [1.29, 1.82) is 5.26 Å². The first-order valence-corrected chi connectivity index (χ1v) is 9.80. The Hall–Kier alpha value is -1.79. The number of nitriles is 1. The molecule has 0 bridgehead atoms. The minimum absolute atomic E-state index is 0.00761. The number of hydrogen-bond donors (Lipinski definition) is 0. The minimum Gasteiger partial charge on any atom is -0.370 e. The summed E-state index contributed by atoms with van der Waals surface area (Å²) in [6, 6.07) is 9.41. The van der Waals surface area contributed by atoms with Crippen molar-refractivity contribution in [1.82, 2.24) is 4.31 Å². The van der Waals surface area contributed by atoms with Crippen molar-refractivity contribution >= 4 is 21.4 Å². The van der Waals surface area contributed by atoms with Crippen molar-refractivity contribution in [2.75, 3.05) is 19.7 Å². The second-order valence-electron chi connectivity index (χ2n) is 5.41. The van der Waals surface area contributed by atoms with Gasteiger partial charge in [-0.05, 0) is 29.6 Å². The van der Waals surface area contributed by atoms with Gasteiger partial charge >= 0.3 is 0 Å². The lowest BCUT2D eigenvalue weighted by atomic mass is 10.1. The fourth-order valence-electron chi connectivity index (χ4n) is 2.57. The van der Waals surface area contributed by atoms with E-state index < -0.39 is 21.6 Å². The maximum absolute atomic E-state index is 13.9. The SMILES string of the molecule is N#Cc1ccc(F)c(CS(=O)(=O)N2CCOC(c3cccs3)C2)c1. The van der Waals surface area contributed by atoms with Crippen molar-refractivity contribution in [2.24, 2.45) is 0 Å². The van der Waals surface area contributed by atoms with Crippen LogP contribution in [0, 0.1) is 17.1 Å². The van der Waals surface area contributed by atoms with Gasteiger partial charge in [0.2, 0.25) is 10.0 Å². The Labute approximate surface area is 144 Å². The zero-order chi connectivity index (χ0) is 17.2. The summed E-state index contributed by atoms with van der Waals surface area (Å²) in [7, 11) is -3.70. The molecule has 24 heavy (non-hydrogen) atoms. The molecule has 0 amide bonds. The van der Waals surface area contributed by atoms with Crippen LogP contribution in [0.1, 0.15) is 22.1 Å². The third-order valence-corrected chi connectivity index (χ3v) is 6.55. The zero-order valence-electron chi connectivity index (χ0n) is 12.7. The third kappa shape index (κ3) is 3.65. The fraction of sp³-hybridized carbons (Fsp3) is 0.312. The highest BCUT2D eigenvalue weighted by molar-refractivity contribution is 7.88. The van der Waals surface area contributed by atoms with Gasteiger partial charge in [0.25, 0.3) is 0 Å². The van der Waals surface area contributed by atoms with Gasteiger partial charge in [0.05, 0.1) is 24.0 Å². The van der Waals surface area contributed by atoms with Gasteiger partial charge in [0, 0.05) is 23.5 Å². The number of hydrogen-bond acceptors (Lipinski definition) is 5. The summed E-state index contributed by atoms with van der Waals surface area (Å²) in [6.07, 6.45) is -0.302.